The average Bonchev–Trinajstić information content (AvgIpc) is 2.91. The zero-order chi connectivity index (χ0) is 18.5. The van der Waals surface area contributed by atoms with Crippen LogP contribution in [-0.2, 0) is 6.42 Å². The van der Waals surface area contributed by atoms with Crippen LogP contribution in [0, 0.1) is 0 Å². The predicted molar refractivity (Wildman–Crippen MR) is 96.0 cm³/mol. The van der Waals surface area contributed by atoms with Crippen molar-refractivity contribution in [3.8, 4) is 0 Å². The lowest BCUT2D eigenvalue weighted by Gasteiger charge is -2.13. The third-order valence-corrected chi connectivity index (χ3v) is 4.32. The molecule has 2 aromatic rings. The first-order valence-electron chi connectivity index (χ1n) is 8.55. The predicted octanol–water partition coefficient (Wildman–Crippen LogP) is 1.64. The second kappa shape index (κ2) is 7.93. The van der Waals surface area contributed by atoms with E-state index in [1.165, 1.54) is 17.0 Å². The molecule has 1 aliphatic heterocycles. The van der Waals surface area contributed by atoms with E-state index < -0.39 is 0 Å². The Balaban J connectivity index is 1.72. The van der Waals surface area contributed by atoms with E-state index in [-0.39, 0.29) is 29.9 Å². The number of carbonyl (C=O) groups excluding carboxylic acids is 3. The minimum Gasteiger partial charge on any atom is -0.396 e. The van der Waals surface area contributed by atoms with Crippen LogP contribution in [0.1, 0.15) is 43.1 Å². The van der Waals surface area contributed by atoms with Gasteiger partial charge in [-0.25, -0.2) is 0 Å². The van der Waals surface area contributed by atoms with E-state index in [1.807, 2.05) is 30.3 Å². The highest BCUT2D eigenvalue weighted by Crippen LogP contribution is 2.24. The van der Waals surface area contributed by atoms with Crippen LogP contribution in [0.5, 0.6) is 0 Å². The van der Waals surface area contributed by atoms with Gasteiger partial charge in [-0.3, -0.25) is 19.3 Å². The van der Waals surface area contributed by atoms with E-state index in [4.69, 9.17) is 5.11 Å². The minimum absolute atomic E-state index is 0.00612. The Hall–Kier alpha value is -2.99. The smallest absolute Gasteiger partial charge is 0.261 e. The van der Waals surface area contributed by atoms with Crippen LogP contribution < -0.4 is 5.32 Å². The quantitative estimate of drug-likeness (QED) is 0.586. The molecule has 134 valence electrons. The molecule has 1 heterocycles. The van der Waals surface area contributed by atoms with Crippen molar-refractivity contribution in [1.82, 2.24) is 10.2 Å². The van der Waals surface area contributed by atoms with Crippen LogP contribution in [0.25, 0.3) is 0 Å². The topological polar surface area (TPSA) is 86.7 Å². The molecule has 2 aromatic carbocycles. The molecule has 0 saturated heterocycles. The third kappa shape index (κ3) is 3.65. The van der Waals surface area contributed by atoms with Crippen LogP contribution in [-0.4, -0.2) is 47.4 Å². The monoisotopic (exact) mass is 352 g/mol. The number of carbonyl (C=O) groups is 3. The number of nitrogens with one attached hydrogen (secondary N) is 1. The molecule has 26 heavy (non-hydrogen) atoms. The van der Waals surface area contributed by atoms with Gasteiger partial charge in [0.1, 0.15) is 0 Å². The van der Waals surface area contributed by atoms with E-state index in [0.717, 1.165) is 5.56 Å². The second-order valence-electron chi connectivity index (χ2n) is 6.09. The van der Waals surface area contributed by atoms with Gasteiger partial charge in [0.2, 0.25) is 0 Å². The fraction of sp³-hybridized carbons (Fsp3) is 0.250. The maximum Gasteiger partial charge on any atom is 0.261 e. The first kappa shape index (κ1) is 17.8. The number of rotatable bonds is 7. The maximum atomic E-state index is 12.6. The Bertz CT molecular complexity index is 833. The lowest BCUT2D eigenvalue weighted by molar-refractivity contribution is 0.0656. The number of hydrogen-bond acceptors (Lipinski definition) is 4. The summed E-state index contributed by atoms with van der Waals surface area (Å²) in [6.45, 7) is 0.644. The molecule has 0 radical (unpaired) electrons. The van der Waals surface area contributed by atoms with Crippen LogP contribution in [0.2, 0.25) is 0 Å². The first-order chi connectivity index (χ1) is 12.6. The normalized spacial score (nSPS) is 13.0. The van der Waals surface area contributed by atoms with Crippen LogP contribution in [0.15, 0.2) is 48.5 Å². The highest BCUT2D eigenvalue weighted by Gasteiger charge is 2.35. The van der Waals surface area contributed by atoms with Crippen molar-refractivity contribution in [2.75, 3.05) is 19.7 Å². The van der Waals surface area contributed by atoms with Crippen molar-refractivity contribution in [3.05, 3.63) is 70.8 Å². The Labute approximate surface area is 151 Å². The molecule has 1 aliphatic rings. The summed E-state index contributed by atoms with van der Waals surface area (Å²) in [5, 5.41) is 11.4. The first-order valence-corrected chi connectivity index (χ1v) is 8.55. The lowest BCUT2D eigenvalue weighted by atomic mass is 10.1. The summed E-state index contributed by atoms with van der Waals surface area (Å²) < 4.78 is 0. The molecular weight excluding hydrogens is 332 g/mol. The molecule has 2 N–H and O–H groups in total. The molecule has 3 rings (SSSR count). The zero-order valence-electron chi connectivity index (χ0n) is 14.3. The second-order valence-corrected chi connectivity index (χ2v) is 6.09. The van der Waals surface area contributed by atoms with Gasteiger partial charge < -0.3 is 10.4 Å². The van der Waals surface area contributed by atoms with Crippen molar-refractivity contribution in [2.24, 2.45) is 0 Å². The Kier molecular flexibility index (Phi) is 5.43. The van der Waals surface area contributed by atoms with E-state index in [9.17, 15) is 14.4 Å². The summed E-state index contributed by atoms with van der Waals surface area (Å²) in [6, 6.07) is 14.2. The minimum atomic E-state index is -0.370. The SMILES string of the molecule is O=C(NCCCO)c1ccc2c(c1)C(=O)N(CCc1ccccc1)C2=O. The van der Waals surface area contributed by atoms with E-state index in [2.05, 4.69) is 5.32 Å². The van der Waals surface area contributed by atoms with Gasteiger partial charge in [0.15, 0.2) is 0 Å². The number of benzene rings is 2. The number of imide groups is 1. The summed E-state index contributed by atoms with van der Waals surface area (Å²) >= 11 is 0. The van der Waals surface area contributed by atoms with Crippen LogP contribution >= 0.6 is 0 Å². The van der Waals surface area contributed by atoms with Gasteiger partial charge in [-0.15, -0.1) is 0 Å². The largest absolute Gasteiger partial charge is 0.396 e. The zero-order valence-corrected chi connectivity index (χ0v) is 14.3. The Morgan fingerprint density at radius 3 is 2.46 bits per heavy atom. The standard InChI is InChI=1S/C20H20N2O4/c23-12-4-10-21-18(24)15-7-8-16-17(13-15)20(26)22(19(16)25)11-9-14-5-2-1-3-6-14/h1-3,5-8,13,23H,4,9-12H2,(H,21,24). The molecule has 0 atom stereocenters. The average molecular weight is 352 g/mol. The molecule has 0 bridgehead atoms. The number of aliphatic hydroxyl groups is 1. The highest BCUT2D eigenvalue weighted by molar-refractivity contribution is 6.22. The van der Waals surface area contributed by atoms with Gasteiger partial charge in [-0.05, 0) is 36.6 Å². The van der Waals surface area contributed by atoms with Crippen molar-refractivity contribution >= 4 is 17.7 Å². The summed E-state index contributed by atoms with van der Waals surface area (Å²) in [6.07, 6.45) is 1.04. The van der Waals surface area contributed by atoms with Gasteiger partial charge in [-0.1, -0.05) is 30.3 Å². The van der Waals surface area contributed by atoms with Gasteiger partial charge >= 0.3 is 0 Å². The fourth-order valence-electron chi connectivity index (χ4n) is 2.90. The summed E-state index contributed by atoms with van der Waals surface area (Å²) in [5.41, 5.74) is 1.97. The molecule has 6 nitrogen and oxygen atoms in total. The summed E-state index contributed by atoms with van der Waals surface area (Å²) in [5.74, 6) is -1.02. The van der Waals surface area contributed by atoms with Crippen molar-refractivity contribution in [1.29, 1.82) is 0 Å². The number of nitrogens with zero attached hydrogens (tertiary/aromatic N) is 1. The molecule has 0 aliphatic carbocycles. The summed E-state index contributed by atoms with van der Waals surface area (Å²) in [4.78, 5) is 38.4. The van der Waals surface area contributed by atoms with Crippen molar-refractivity contribution < 1.29 is 19.5 Å². The molecule has 0 fully saturated rings. The van der Waals surface area contributed by atoms with Crippen molar-refractivity contribution in [2.45, 2.75) is 12.8 Å². The van der Waals surface area contributed by atoms with E-state index in [1.54, 1.807) is 6.07 Å². The molecule has 3 amide bonds. The number of aliphatic hydroxyl groups excluding tert-OH is 1. The molecule has 0 spiro atoms. The van der Waals surface area contributed by atoms with Gasteiger partial charge in [-0.2, -0.15) is 0 Å². The van der Waals surface area contributed by atoms with Gasteiger partial charge in [0, 0.05) is 25.3 Å². The maximum absolute atomic E-state index is 12.6. The Morgan fingerprint density at radius 2 is 1.73 bits per heavy atom. The van der Waals surface area contributed by atoms with Crippen LogP contribution in [0.4, 0.5) is 0 Å². The number of hydrogen-bond donors (Lipinski definition) is 2. The molecule has 0 saturated carbocycles. The molecule has 6 heteroatoms. The molecular formula is C20H20N2O4. The van der Waals surface area contributed by atoms with E-state index >= 15 is 0 Å². The third-order valence-electron chi connectivity index (χ3n) is 4.32. The van der Waals surface area contributed by atoms with Crippen LogP contribution in [0.3, 0.4) is 0 Å². The van der Waals surface area contributed by atoms with Gasteiger partial charge in [0.05, 0.1) is 11.1 Å². The number of fused-ring (bicyclic) bond motifs is 1. The Morgan fingerprint density at radius 1 is 1.00 bits per heavy atom. The number of amides is 3. The molecule has 0 unspecified atom stereocenters. The lowest BCUT2D eigenvalue weighted by Crippen LogP contribution is -2.31. The van der Waals surface area contributed by atoms with Crippen molar-refractivity contribution in [3.63, 3.8) is 0 Å². The fourth-order valence-corrected chi connectivity index (χ4v) is 2.90. The highest BCUT2D eigenvalue weighted by atomic mass is 16.3. The van der Waals surface area contributed by atoms with E-state index in [0.29, 0.717) is 37.1 Å². The summed E-state index contributed by atoms with van der Waals surface area (Å²) in [7, 11) is 0. The molecule has 0 aromatic heterocycles. The van der Waals surface area contributed by atoms with Gasteiger partial charge in [0.25, 0.3) is 17.7 Å².